The molecule has 2 atom stereocenters. The lowest BCUT2D eigenvalue weighted by Crippen LogP contribution is -2.30. The highest BCUT2D eigenvalue weighted by atomic mass is 16.5. The van der Waals surface area contributed by atoms with Crippen LogP contribution < -0.4 is 5.32 Å². The second-order valence-electron chi connectivity index (χ2n) is 4.52. The molecule has 1 N–H and O–H groups in total. The Morgan fingerprint density at radius 3 is 2.50 bits per heavy atom. The number of ether oxygens (including phenoxy) is 1. The van der Waals surface area contributed by atoms with Gasteiger partial charge in [-0.3, -0.25) is 0 Å². The van der Waals surface area contributed by atoms with E-state index in [-0.39, 0.29) is 12.1 Å². The number of likely N-dealkylation sites (N-methyl/N-ethyl adjacent to an activating group) is 1. The van der Waals surface area contributed by atoms with Crippen molar-refractivity contribution >= 4 is 10.8 Å². The molecule has 0 saturated heterocycles. The van der Waals surface area contributed by atoms with Crippen LogP contribution in [-0.2, 0) is 4.74 Å². The highest BCUT2D eigenvalue weighted by Gasteiger charge is 2.21. The van der Waals surface area contributed by atoms with E-state index in [4.69, 9.17) is 4.74 Å². The Hall–Kier alpha value is -1.38. The van der Waals surface area contributed by atoms with Crippen LogP contribution in [0.3, 0.4) is 0 Å². The van der Waals surface area contributed by atoms with Gasteiger partial charge in [0.1, 0.15) is 0 Å². The first-order valence-electron chi connectivity index (χ1n) is 6.49. The Kier molecular flexibility index (Phi) is 4.34. The van der Waals surface area contributed by atoms with Gasteiger partial charge in [0, 0.05) is 7.11 Å². The zero-order chi connectivity index (χ0) is 13.0. The molecule has 0 heterocycles. The maximum Gasteiger partial charge on any atom is 0.0763 e. The molecule has 2 aromatic rings. The molecule has 2 rings (SSSR count). The summed E-state index contributed by atoms with van der Waals surface area (Å²) in [6.07, 6.45) is 1.19. The van der Waals surface area contributed by atoms with E-state index in [1.807, 2.05) is 7.05 Å². The molecule has 0 radical (unpaired) electrons. The standard InChI is InChI=1S/C16H21NO/c1-4-15(18-3)16(17-2)14-11-7-9-12-8-5-6-10-13(12)14/h5-11,15-17H,4H2,1-3H3. The first kappa shape index (κ1) is 13.1. The summed E-state index contributed by atoms with van der Waals surface area (Å²) in [5.74, 6) is 0. The third-order valence-electron chi connectivity index (χ3n) is 3.55. The van der Waals surface area contributed by atoms with Crippen LogP contribution in [0.2, 0.25) is 0 Å². The Morgan fingerprint density at radius 1 is 1.11 bits per heavy atom. The molecule has 2 heteroatoms. The van der Waals surface area contributed by atoms with Crippen LogP contribution in [0.25, 0.3) is 10.8 Å². The largest absolute Gasteiger partial charge is 0.379 e. The number of hydrogen-bond donors (Lipinski definition) is 1. The second-order valence-corrected chi connectivity index (χ2v) is 4.52. The van der Waals surface area contributed by atoms with Gasteiger partial charge in [-0.15, -0.1) is 0 Å². The summed E-state index contributed by atoms with van der Waals surface area (Å²) in [4.78, 5) is 0. The van der Waals surface area contributed by atoms with Crippen molar-refractivity contribution in [1.29, 1.82) is 0 Å². The van der Waals surface area contributed by atoms with Crippen molar-refractivity contribution in [3.05, 3.63) is 48.0 Å². The molecular formula is C16H21NO. The van der Waals surface area contributed by atoms with Gasteiger partial charge in [0.2, 0.25) is 0 Å². The molecular weight excluding hydrogens is 222 g/mol. The predicted octanol–water partition coefficient (Wildman–Crippen LogP) is 3.53. The second kappa shape index (κ2) is 5.98. The van der Waals surface area contributed by atoms with Gasteiger partial charge in [-0.1, -0.05) is 49.4 Å². The summed E-state index contributed by atoms with van der Waals surface area (Å²) < 4.78 is 5.59. The highest BCUT2D eigenvalue weighted by molar-refractivity contribution is 5.86. The maximum atomic E-state index is 5.59. The maximum absolute atomic E-state index is 5.59. The third-order valence-corrected chi connectivity index (χ3v) is 3.55. The number of methoxy groups -OCH3 is 1. The number of hydrogen-bond acceptors (Lipinski definition) is 2. The monoisotopic (exact) mass is 243 g/mol. The Morgan fingerprint density at radius 2 is 1.83 bits per heavy atom. The molecule has 0 aliphatic carbocycles. The molecule has 0 fully saturated rings. The number of fused-ring (bicyclic) bond motifs is 1. The molecule has 18 heavy (non-hydrogen) atoms. The molecule has 2 aromatic carbocycles. The van der Waals surface area contributed by atoms with Crippen molar-refractivity contribution < 1.29 is 4.74 Å². The van der Waals surface area contributed by atoms with Crippen molar-refractivity contribution in [2.45, 2.75) is 25.5 Å². The average molecular weight is 243 g/mol. The minimum Gasteiger partial charge on any atom is -0.379 e. The Balaban J connectivity index is 2.51. The fourth-order valence-electron chi connectivity index (χ4n) is 2.60. The van der Waals surface area contributed by atoms with Crippen LogP contribution in [0, 0.1) is 0 Å². The zero-order valence-electron chi connectivity index (χ0n) is 11.3. The summed E-state index contributed by atoms with van der Waals surface area (Å²) in [7, 11) is 3.78. The third kappa shape index (κ3) is 2.40. The molecule has 0 aromatic heterocycles. The summed E-state index contributed by atoms with van der Waals surface area (Å²) >= 11 is 0. The molecule has 96 valence electrons. The number of rotatable bonds is 5. The van der Waals surface area contributed by atoms with Gasteiger partial charge >= 0.3 is 0 Å². The van der Waals surface area contributed by atoms with Gasteiger partial charge in [0.15, 0.2) is 0 Å². The lowest BCUT2D eigenvalue weighted by molar-refractivity contribution is 0.0680. The molecule has 2 unspecified atom stereocenters. The number of benzene rings is 2. The van der Waals surface area contributed by atoms with E-state index in [1.165, 1.54) is 16.3 Å². The van der Waals surface area contributed by atoms with E-state index in [1.54, 1.807) is 7.11 Å². The topological polar surface area (TPSA) is 21.3 Å². The van der Waals surface area contributed by atoms with E-state index >= 15 is 0 Å². The van der Waals surface area contributed by atoms with Crippen molar-refractivity contribution in [1.82, 2.24) is 5.32 Å². The van der Waals surface area contributed by atoms with Crippen LogP contribution in [-0.4, -0.2) is 20.3 Å². The van der Waals surface area contributed by atoms with Gasteiger partial charge in [0.05, 0.1) is 12.1 Å². The van der Waals surface area contributed by atoms with Gasteiger partial charge in [0.25, 0.3) is 0 Å². The molecule has 0 amide bonds. The first-order valence-corrected chi connectivity index (χ1v) is 6.49. The molecule has 0 spiro atoms. The van der Waals surface area contributed by atoms with Gasteiger partial charge in [-0.2, -0.15) is 0 Å². The van der Waals surface area contributed by atoms with Crippen LogP contribution in [0.5, 0.6) is 0 Å². The zero-order valence-corrected chi connectivity index (χ0v) is 11.3. The summed E-state index contributed by atoms with van der Waals surface area (Å²) in [5.41, 5.74) is 1.31. The number of nitrogens with one attached hydrogen (secondary N) is 1. The van der Waals surface area contributed by atoms with E-state index in [0.717, 1.165) is 6.42 Å². The summed E-state index contributed by atoms with van der Waals surface area (Å²) in [6.45, 7) is 2.16. The van der Waals surface area contributed by atoms with Gasteiger partial charge in [-0.05, 0) is 29.8 Å². The molecule has 0 saturated carbocycles. The summed E-state index contributed by atoms with van der Waals surface area (Å²) in [6, 6.07) is 15.2. The summed E-state index contributed by atoms with van der Waals surface area (Å²) in [5, 5.41) is 5.97. The Labute approximate surface area is 109 Å². The first-order chi connectivity index (χ1) is 8.81. The predicted molar refractivity (Wildman–Crippen MR) is 76.8 cm³/mol. The van der Waals surface area contributed by atoms with Crippen molar-refractivity contribution in [3.8, 4) is 0 Å². The van der Waals surface area contributed by atoms with Crippen LogP contribution in [0.15, 0.2) is 42.5 Å². The van der Waals surface area contributed by atoms with E-state index in [0.29, 0.717) is 0 Å². The fraction of sp³-hybridized carbons (Fsp3) is 0.375. The smallest absolute Gasteiger partial charge is 0.0763 e. The lowest BCUT2D eigenvalue weighted by atomic mass is 9.94. The van der Waals surface area contributed by atoms with Crippen molar-refractivity contribution in [3.63, 3.8) is 0 Å². The van der Waals surface area contributed by atoms with Crippen LogP contribution >= 0.6 is 0 Å². The van der Waals surface area contributed by atoms with Gasteiger partial charge in [-0.25, -0.2) is 0 Å². The Bertz CT molecular complexity index is 500. The quantitative estimate of drug-likeness (QED) is 0.867. The molecule has 0 aliphatic rings. The van der Waals surface area contributed by atoms with Crippen molar-refractivity contribution in [2.24, 2.45) is 0 Å². The van der Waals surface area contributed by atoms with E-state index in [9.17, 15) is 0 Å². The van der Waals surface area contributed by atoms with Crippen LogP contribution in [0.4, 0.5) is 0 Å². The molecule has 2 nitrogen and oxygen atoms in total. The van der Waals surface area contributed by atoms with Crippen molar-refractivity contribution in [2.75, 3.05) is 14.2 Å². The SMILES string of the molecule is CCC(OC)C(NC)c1cccc2ccccc12. The average Bonchev–Trinajstić information content (AvgIpc) is 2.44. The minimum atomic E-state index is 0.195. The van der Waals surface area contributed by atoms with E-state index < -0.39 is 0 Å². The fourth-order valence-corrected chi connectivity index (χ4v) is 2.60. The molecule has 0 aliphatic heterocycles. The van der Waals surface area contributed by atoms with Crippen LogP contribution in [0.1, 0.15) is 24.9 Å². The normalized spacial score (nSPS) is 14.6. The van der Waals surface area contributed by atoms with Gasteiger partial charge < -0.3 is 10.1 Å². The highest BCUT2D eigenvalue weighted by Crippen LogP contribution is 2.28. The lowest BCUT2D eigenvalue weighted by Gasteiger charge is -2.26. The minimum absolute atomic E-state index is 0.195. The molecule has 0 bridgehead atoms. The van der Waals surface area contributed by atoms with E-state index in [2.05, 4.69) is 54.7 Å².